The third-order valence-corrected chi connectivity index (χ3v) is 4.19. The maximum atomic E-state index is 12.5. The van der Waals surface area contributed by atoms with Gasteiger partial charge in [0, 0.05) is 17.6 Å². The van der Waals surface area contributed by atoms with Gasteiger partial charge in [0.05, 0.1) is 18.2 Å². The lowest BCUT2D eigenvalue weighted by Gasteiger charge is -2.25. The Morgan fingerprint density at radius 3 is 3.00 bits per heavy atom. The van der Waals surface area contributed by atoms with Gasteiger partial charge in [-0.05, 0) is 31.4 Å². The number of benzene rings is 1. The number of hydrogen-bond acceptors (Lipinski definition) is 3. The molecule has 0 radical (unpaired) electrons. The molecule has 0 unspecified atom stereocenters. The van der Waals surface area contributed by atoms with Gasteiger partial charge < -0.3 is 9.42 Å². The lowest BCUT2D eigenvalue weighted by atomic mass is 10.0. The van der Waals surface area contributed by atoms with Crippen LogP contribution in [0.25, 0.3) is 0 Å². The van der Waals surface area contributed by atoms with Crippen molar-refractivity contribution in [3.8, 4) is 0 Å². The predicted octanol–water partition coefficient (Wildman–Crippen LogP) is 3.54. The normalized spacial score (nSPS) is 18.2. The summed E-state index contributed by atoms with van der Waals surface area (Å²) in [6.45, 7) is 2.59. The second kappa shape index (κ2) is 5.90. The van der Waals surface area contributed by atoms with Crippen molar-refractivity contribution in [1.29, 1.82) is 0 Å². The molecule has 1 aromatic carbocycles. The predicted molar refractivity (Wildman–Crippen MR) is 80.1 cm³/mol. The lowest BCUT2D eigenvalue weighted by Crippen LogP contribution is -2.32. The van der Waals surface area contributed by atoms with E-state index in [2.05, 4.69) is 5.16 Å². The number of aryl methyl sites for hydroxylation is 1. The number of likely N-dealkylation sites (tertiary alicyclic amines) is 1. The zero-order valence-electron chi connectivity index (χ0n) is 11.9. The van der Waals surface area contributed by atoms with Gasteiger partial charge in [-0.2, -0.15) is 0 Å². The third-order valence-electron chi connectivity index (χ3n) is 3.85. The SMILES string of the molecule is Cc1cc(CC(=O)N2CCC[C@H]2c2ccccc2Cl)no1. The summed E-state index contributed by atoms with van der Waals surface area (Å²) >= 11 is 6.27. The molecule has 110 valence electrons. The smallest absolute Gasteiger partial charge is 0.229 e. The van der Waals surface area contributed by atoms with Crippen molar-refractivity contribution >= 4 is 17.5 Å². The molecule has 0 bridgehead atoms. The second-order valence-electron chi connectivity index (χ2n) is 5.37. The van der Waals surface area contributed by atoms with Gasteiger partial charge in [0.25, 0.3) is 0 Å². The van der Waals surface area contributed by atoms with Crippen molar-refractivity contribution in [1.82, 2.24) is 10.1 Å². The summed E-state index contributed by atoms with van der Waals surface area (Å²) < 4.78 is 5.02. The summed E-state index contributed by atoms with van der Waals surface area (Å²) in [4.78, 5) is 14.4. The van der Waals surface area contributed by atoms with Crippen molar-refractivity contribution in [3.05, 3.63) is 52.4 Å². The summed E-state index contributed by atoms with van der Waals surface area (Å²) in [6.07, 6.45) is 2.23. The minimum absolute atomic E-state index is 0.0687. The first-order valence-electron chi connectivity index (χ1n) is 7.11. The molecular formula is C16H17ClN2O2. The van der Waals surface area contributed by atoms with Crippen molar-refractivity contribution in [3.63, 3.8) is 0 Å². The Kier molecular flexibility index (Phi) is 3.97. The van der Waals surface area contributed by atoms with Crippen LogP contribution in [0.15, 0.2) is 34.9 Å². The topological polar surface area (TPSA) is 46.3 Å². The molecule has 0 saturated carbocycles. The highest BCUT2D eigenvalue weighted by Gasteiger charge is 2.31. The van der Waals surface area contributed by atoms with Crippen LogP contribution in [0.1, 0.15) is 35.9 Å². The molecule has 0 N–H and O–H groups in total. The van der Waals surface area contributed by atoms with E-state index in [-0.39, 0.29) is 18.4 Å². The molecule has 0 spiro atoms. The molecule has 2 aromatic rings. The molecular weight excluding hydrogens is 288 g/mol. The average molecular weight is 305 g/mol. The molecule has 1 saturated heterocycles. The fraction of sp³-hybridized carbons (Fsp3) is 0.375. The zero-order valence-corrected chi connectivity index (χ0v) is 12.6. The molecule has 2 heterocycles. The number of hydrogen-bond donors (Lipinski definition) is 0. The highest BCUT2D eigenvalue weighted by Crippen LogP contribution is 2.35. The van der Waals surface area contributed by atoms with E-state index in [0.29, 0.717) is 5.69 Å². The number of amides is 1. The highest BCUT2D eigenvalue weighted by molar-refractivity contribution is 6.31. The minimum Gasteiger partial charge on any atom is -0.361 e. The van der Waals surface area contributed by atoms with Crippen molar-refractivity contribution in [2.24, 2.45) is 0 Å². The Morgan fingerprint density at radius 1 is 1.48 bits per heavy atom. The molecule has 1 atom stereocenters. The van der Waals surface area contributed by atoms with E-state index in [4.69, 9.17) is 16.1 Å². The molecule has 1 aliphatic heterocycles. The first kappa shape index (κ1) is 14.1. The molecule has 3 rings (SSSR count). The van der Waals surface area contributed by atoms with Gasteiger partial charge in [-0.25, -0.2) is 0 Å². The Labute approximate surface area is 128 Å². The fourth-order valence-electron chi connectivity index (χ4n) is 2.89. The Balaban J connectivity index is 1.77. The average Bonchev–Trinajstić information content (AvgIpc) is 3.08. The number of aromatic nitrogens is 1. The van der Waals surface area contributed by atoms with Crippen LogP contribution in [0.2, 0.25) is 5.02 Å². The summed E-state index contributed by atoms with van der Waals surface area (Å²) in [5, 5.41) is 4.62. The minimum atomic E-state index is 0.0687. The molecule has 1 aromatic heterocycles. The maximum Gasteiger partial charge on any atom is 0.229 e. The number of rotatable bonds is 3. The number of halogens is 1. The van der Waals surface area contributed by atoms with Gasteiger partial charge in [0.2, 0.25) is 5.91 Å². The van der Waals surface area contributed by atoms with E-state index >= 15 is 0 Å². The van der Waals surface area contributed by atoms with Crippen LogP contribution in [0.3, 0.4) is 0 Å². The van der Waals surface area contributed by atoms with Gasteiger partial charge >= 0.3 is 0 Å². The molecule has 0 aliphatic carbocycles. The van der Waals surface area contributed by atoms with Gasteiger partial charge in [-0.15, -0.1) is 0 Å². The van der Waals surface area contributed by atoms with Crippen molar-refractivity contribution in [2.45, 2.75) is 32.2 Å². The number of carbonyl (C=O) groups excluding carboxylic acids is 1. The number of nitrogens with zero attached hydrogens (tertiary/aromatic N) is 2. The van der Waals surface area contributed by atoms with E-state index in [0.717, 1.165) is 35.7 Å². The summed E-state index contributed by atoms with van der Waals surface area (Å²) in [7, 11) is 0. The van der Waals surface area contributed by atoms with Gasteiger partial charge in [-0.1, -0.05) is 35.0 Å². The fourth-order valence-corrected chi connectivity index (χ4v) is 3.15. The lowest BCUT2D eigenvalue weighted by molar-refractivity contribution is -0.131. The molecule has 1 aliphatic rings. The highest BCUT2D eigenvalue weighted by atomic mass is 35.5. The molecule has 5 heteroatoms. The third kappa shape index (κ3) is 2.95. The Bertz CT molecular complexity index is 653. The summed E-state index contributed by atoms with van der Waals surface area (Å²) in [5.74, 6) is 0.799. The van der Waals surface area contributed by atoms with Crippen LogP contribution in [0, 0.1) is 6.92 Å². The van der Waals surface area contributed by atoms with Gasteiger partial charge in [0.15, 0.2) is 0 Å². The quantitative estimate of drug-likeness (QED) is 0.871. The first-order valence-corrected chi connectivity index (χ1v) is 7.49. The standard InChI is InChI=1S/C16H17ClN2O2/c1-11-9-12(18-21-11)10-16(20)19-8-4-7-15(19)13-5-2-3-6-14(13)17/h2-3,5-6,9,15H,4,7-8,10H2,1H3/t15-/m0/s1. The van der Waals surface area contributed by atoms with E-state index in [1.165, 1.54) is 0 Å². The van der Waals surface area contributed by atoms with Crippen LogP contribution in [-0.4, -0.2) is 22.5 Å². The van der Waals surface area contributed by atoms with Crippen LogP contribution < -0.4 is 0 Å². The van der Waals surface area contributed by atoms with Crippen molar-refractivity contribution < 1.29 is 9.32 Å². The molecule has 1 amide bonds. The van der Waals surface area contributed by atoms with E-state index in [1.54, 1.807) is 6.07 Å². The number of carbonyl (C=O) groups is 1. The van der Waals surface area contributed by atoms with E-state index < -0.39 is 0 Å². The van der Waals surface area contributed by atoms with Gasteiger partial charge in [-0.3, -0.25) is 4.79 Å². The maximum absolute atomic E-state index is 12.5. The summed E-state index contributed by atoms with van der Waals surface area (Å²) in [6, 6.07) is 9.61. The monoisotopic (exact) mass is 304 g/mol. The van der Waals surface area contributed by atoms with Crippen molar-refractivity contribution in [2.75, 3.05) is 6.54 Å². The second-order valence-corrected chi connectivity index (χ2v) is 5.78. The molecule has 1 fully saturated rings. The largest absolute Gasteiger partial charge is 0.361 e. The molecule has 21 heavy (non-hydrogen) atoms. The van der Waals surface area contributed by atoms with Crippen LogP contribution in [0.5, 0.6) is 0 Å². The molecule has 4 nitrogen and oxygen atoms in total. The van der Waals surface area contributed by atoms with E-state index in [9.17, 15) is 4.79 Å². The zero-order chi connectivity index (χ0) is 14.8. The van der Waals surface area contributed by atoms with Gasteiger partial charge in [0.1, 0.15) is 5.76 Å². The Hall–Kier alpha value is -1.81. The van der Waals surface area contributed by atoms with Crippen LogP contribution >= 0.6 is 11.6 Å². The van der Waals surface area contributed by atoms with E-state index in [1.807, 2.05) is 36.1 Å². The first-order chi connectivity index (χ1) is 10.1. The summed E-state index contributed by atoms with van der Waals surface area (Å²) in [5.41, 5.74) is 1.71. The van der Waals surface area contributed by atoms with Crippen LogP contribution in [-0.2, 0) is 11.2 Å². The Morgan fingerprint density at radius 2 is 2.29 bits per heavy atom. The van der Waals surface area contributed by atoms with Crippen LogP contribution in [0.4, 0.5) is 0 Å².